The number of halogens is 2. The van der Waals surface area contributed by atoms with Crippen molar-refractivity contribution in [1.29, 1.82) is 5.26 Å². The van der Waals surface area contributed by atoms with Crippen molar-refractivity contribution in [3.8, 4) is 6.07 Å². The Labute approximate surface area is 230 Å². The van der Waals surface area contributed by atoms with E-state index in [4.69, 9.17) is 23.2 Å². The van der Waals surface area contributed by atoms with Gasteiger partial charge in [0.25, 0.3) is 11.8 Å². The quantitative estimate of drug-likeness (QED) is 0.217. The molecule has 0 aliphatic heterocycles. The molecule has 0 saturated carbocycles. The van der Waals surface area contributed by atoms with Crippen LogP contribution in [0, 0.1) is 17.2 Å². The van der Waals surface area contributed by atoms with Crippen LogP contribution in [0.2, 0.25) is 10.0 Å². The lowest BCUT2D eigenvalue weighted by atomic mass is 10.0. The molecule has 9 heteroatoms. The van der Waals surface area contributed by atoms with E-state index in [1.54, 1.807) is 18.3 Å². The minimum atomic E-state index is -0.821. The first-order chi connectivity index (χ1) is 18.3. The van der Waals surface area contributed by atoms with Gasteiger partial charge in [0, 0.05) is 34.8 Å². The summed E-state index contributed by atoms with van der Waals surface area (Å²) in [6.45, 7) is 4.17. The molecule has 0 radical (unpaired) electrons. The van der Waals surface area contributed by atoms with Gasteiger partial charge in [-0.15, -0.1) is 0 Å². The number of para-hydroxylation sites is 1. The fraction of sp³-hybridized carbons (Fsp3) is 0.172. The number of benzene rings is 3. The normalized spacial score (nSPS) is 12.0. The predicted octanol–water partition coefficient (Wildman–Crippen LogP) is 5.77. The lowest BCUT2D eigenvalue weighted by molar-refractivity contribution is -0.123. The summed E-state index contributed by atoms with van der Waals surface area (Å²) in [7, 11) is 0. The van der Waals surface area contributed by atoms with Crippen LogP contribution in [-0.4, -0.2) is 28.6 Å². The first-order valence-corrected chi connectivity index (χ1v) is 12.7. The molecule has 1 atom stereocenters. The molecule has 0 spiro atoms. The standard InChI is InChI=1S/C29H25Cl2N5O2/c1-18(2)27(34-28(37)19-11-12-24(30)25(31)13-19)29(38)35-33-15-22-17-36(26-10-6-5-9-23(22)26)16-21-8-4-3-7-20(21)14-32/h3-13,15,17-18,27H,16H2,1-2H3,(H,34,37)(H,35,38). The van der Waals surface area contributed by atoms with E-state index in [9.17, 15) is 14.9 Å². The van der Waals surface area contributed by atoms with E-state index in [0.717, 1.165) is 22.0 Å². The first kappa shape index (κ1) is 26.9. The maximum Gasteiger partial charge on any atom is 0.262 e. The van der Waals surface area contributed by atoms with Crippen molar-refractivity contribution in [2.75, 3.05) is 0 Å². The molecule has 1 unspecified atom stereocenters. The highest BCUT2D eigenvalue weighted by Crippen LogP contribution is 2.23. The summed E-state index contributed by atoms with van der Waals surface area (Å²) in [5.41, 5.74) is 6.15. The van der Waals surface area contributed by atoms with Gasteiger partial charge < -0.3 is 9.88 Å². The van der Waals surface area contributed by atoms with Crippen LogP contribution in [0.25, 0.3) is 10.9 Å². The fourth-order valence-corrected chi connectivity index (χ4v) is 4.39. The summed E-state index contributed by atoms with van der Waals surface area (Å²) >= 11 is 12.0. The molecule has 3 aromatic carbocycles. The van der Waals surface area contributed by atoms with Crippen molar-refractivity contribution in [3.05, 3.63) is 105 Å². The average molecular weight is 546 g/mol. The summed E-state index contributed by atoms with van der Waals surface area (Å²) in [6.07, 6.45) is 3.51. The summed E-state index contributed by atoms with van der Waals surface area (Å²) in [4.78, 5) is 25.6. The van der Waals surface area contributed by atoms with Gasteiger partial charge in [0.15, 0.2) is 0 Å². The number of nitriles is 1. The van der Waals surface area contributed by atoms with Crippen molar-refractivity contribution >= 4 is 52.1 Å². The van der Waals surface area contributed by atoms with Crippen molar-refractivity contribution in [3.63, 3.8) is 0 Å². The van der Waals surface area contributed by atoms with E-state index in [1.165, 1.54) is 12.1 Å². The molecule has 0 aliphatic rings. The number of nitrogens with zero attached hydrogens (tertiary/aromatic N) is 3. The van der Waals surface area contributed by atoms with Crippen LogP contribution in [-0.2, 0) is 11.3 Å². The zero-order valence-corrected chi connectivity index (χ0v) is 22.3. The third-order valence-electron chi connectivity index (χ3n) is 6.09. The number of hydrazone groups is 1. The Hall–Kier alpha value is -4.12. The number of nitrogens with one attached hydrogen (secondary N) is 2. The highest BCUT2D eigenvalue weighted by Gasteiger charge is 2.25. The fourth-order valence-electron chi connectivity index (χ4n) is 4.09. The Morgan fingerprint density at radius 2 is 1.79 bits per heavy atom. The number of carbonyl (C=O) groups excluding carboxylic acids is 2. The zero-order valence-electron chi connectivity index (χ0n) is 20.8. The second-order valence-electron chi connectivity index (χ2n) is 9.06. The zero-order chi connectivity index (χ0) is 27.2. The van der Waals surface area contributed by atoms with Gasteiger partial charge in [0.1, 0.15) is 6.04 Å². The third kappa shape index (κ3) is 6.05. The van der Waals surface area contributed by atoms with E-state index in [1.807, 2.05) is 67.1 Å². The highest BCUT2D eigenvalue weighted by molar-refractivity contribution is 6.42. The van der Waals surface area contributed by atoms with Crippen molar-refractivity contribution in [2.45, 2.75) is 26.4 Å². The molecule has 0 bridgehead atoms. The molecule has 2 N–H and O–H groups in total. The van der Waals surface area contributed by atoms with E-state index in [-0.39, 0.29) is 10.9 Å². The molecule has 1 heterocycles. The van der Waals surface area contributed by atoms with Crippen LogP contribution in [0.5, 0.6) is 0 Å². The number of hydrogen-bond donors (Lipinski definition) is 2. The molecule has 1 aromatic heterocycles. The number of amides is 2. The summed E-state index contributed by atoms with van der Waals surface area (Å²) in [6, 6.07) is 21.3. The largest absolute Gasteiger partial charge is 0.342 e. The second kappa shape index (κ2) is 12.0. The van der Waals surface area contributed by atoms with Gasteiger partial charge in [-0.2, -0.15) is 10.4 Å². The molecule has 4 rings (SSSR count). The Balaban J connectivity index is 1.50. The van der Waals surface area contributed by atoms with Gasteiger partial charge in [-0.3, -0.25) is 9.59 Å². The van der Waals surface area contributed by atoms with Crippen molar-refractivity contribution in [2.24, 2.45) is 11.0 Å². The topological polar surface area (TPSA) is 99.3 Å². The molecule has 0 aliphatic carbocycles. The lowest BCUT2D eigenvalue weighted by Gasteiger charge is -2.20. The van der Waals surface area contributed by atoms with Crippen molar-refractivity contribution < 1.29 is 9.59 Å². The molecule has 0 fully saturated rings. The lowest BCUT2D eigenvalue weighted by Crippen LogP contribution is -2.48. The Morgan fingerprint density at radius 1 is 1.05 bits per heavy atom. The van der Waals surface area contributed by atoms with Gasteiger partial charge in [-0.1, -0.05) is 73.4 Å². The third-order valence-corrected chi connectivity index (χ3v) is 6.83. The van der Waals surface area contributed by atoms with E-state index < -0.39 is 17.9 Å². The number of aromatic nitrogens is 1. The maximum atomic E-state index is 12.9. The maximum absolute atomic E-state index is 12.9. The number of fused-ring (bicyclic) bond motifs is 1. The average Bonchev–Trinajstić information content (AvgIpc) is 3.26. The molecule has 4 aromatic rings. The molecular formula is C29H25Cl2N5O2. The van der Waals surface area contributed by atoms with Crippen LogP contribution in [0.3, 0.4) is 0 Å². The number of rotatable bonds is 8. The van der Waals surface area contributed by atoms with Gasteiger partial charge >= 0.3 is 0 Å². The van der Waals surface area contributed by atoms with Crippen LogP contribution in [0.15, 0.2) is 78.0 Å². The van der Waals surface area contributed by atoms with E-state index in [0.29, 0.717) is 22.7 Å². The second-order valence-corrected chi connectivity index (χ2v) is 9.87. The summed E-state index contributed by atoms with van der Waals surface area (Å²) in [5.74, 6) is -1.09. The van der Waals surface area contributed by atoms with E-state index >= 15 is 0 Å². The van der Waals surface area contributed by atoms with Crippen LogP contribution in [0.1, 0.15) is 40.9 Å². The summed E-state index contributed by atoms with van der Waals surface area (Å²) in [5, 5.41) is 17.9. The molecule has 2 amide bonds. The molecule has 38 heavy (non-hydrogen) atoms. The van der Waals surface area contributed by atoms with Crippen LogP contribution < -0.4 is 10.7 Å². The monoisotopic (exact) mass is 545 g/mol. The van der Waals surface area contributed by atoms with Gasteiger partial charge in [-0.25, -0.2) is 5.43 Å². The van der Waals surface area contributed by atoms with Crippen molar-refractivity contribution in [1.82, 2.24) is 15.3 Å². The number of hydrogen-bond acceptors (Lipinski definition) is 4. The SMILES string of the molecule is CC(C)C(NC(=O)c1ccc(Cl)c(Cl)c1)C(=O)NN=Cc1cn(Cc2ccccc2C#N)c2ccccc12. The summed E-state index contributed by atoms with van der Waals surface area (Å²) < 4.78 is 2.04. The highest BCUT2D eigenvalue weighted by atomic mass is 35.5. The van der Waals surface area contributed by atoms with Crippen LogP contribution in [0.4, 0.5) is 0 Å². The minimum absolute atomic E-state index is 0.195. The smallest absolute Gasteiger partial charge is 0.262 e. The van der Waals surface area contributed by atoms with Crippen LogP contribution >= 0.6 is 23.2 Å². The Kier molecular flexibility index (Phi) is 8.47. The van der Waals surface area contributed by atoms with Gasteiger partial charge in [0.2, 0.25) is 0 Å². The number of carbonyl (C=O) groups is 2. The van der Waals surface area contributed by atoms with Gasteiger partial charge in [-0.05, 0) is 41.8 Å². The van der Waals surface area contributed by atoms with E-state index in [2.05, 4.69) is 21.9 Å². The molecular weight excluding hydrogens is 521 g/mol. The van der Waals surface area contributed by atoms with Gasteiger partial charge in [0.05, 0.1) is 27.9 Å². The Morgan fingerprint density at radius 3 is 2.53 bits per heavy atom. The molecule has 192 valence electrons. The Bertz CT molecular complexity index is 1570. The molecule has 7 nitrogen and oxygen atoms in total. The first-order valence-electron chi connectivity index (χ1n) is 11.9. The predicted molar refractivity (Wildman–Crippen MR) is 150 cm³/mol. The minimum Gasteiger partial charge on any atom is -0.342 e. The molecule has 0 saturated heterocycles.